The van der Waals surface area contributed by atoms with Crippen LogP contribution in [0.2, 0.25) is 0 Å². The molecule has 1 heterocycles. The van der Waals surface area contributed by atoms with E-state index in [1.54, 1.807) is 30.5 Å². The van der Waals surface area contributed by atoms with E-state index in [0.29, 0.717) is 11.5 Å². The van der Waals surface area contributed by atoms with Gasteiger partial charge in [-0.1, -0.05) is 60.7 Å². The van der Waals surface area contributed by atoms with E-state index in [4.69, 9.17) is 4.42 Å². The van der Waals surface area contributed by atoms with Crippen molar-refractivity contribution in [3.63, 3.8) is 0 Å². The van der Waals surface area contributed by atoms with E-state index in [1.165, 1.54) is 12.1 Å². The van der Waals surface area contributed by atoms with Crippen LogP contribution in [0.1, 0.15) is 16.9 Å². The Morgan fingerprint density at radius 3 is 1.97 bits per heavy atom. The number of non-ortho nitro benzene ring substituents is 1. The molecule has 0 fully saturated rings. The summed E-state index contributed by atoms with van der Waals surface area (Å²) < 4.78 is 5.77. The highest BCUT2D eigenvalue weighted by atomic mass is 16.6. The van der Waals surface area contributed by atoms with Crippen LogP contribution < -0.4 is 0 Å². The van der Waals surface area contributed by atoms with Gasteiger partial charge in [0.2, 0.25) is 0 Å². The molecular formula is C24H17N3O3. The standard InChI is InChI=1S/C24H17N3O3/c28-27(29)21-13-11-18(12-14-21)23-16-15-22(30-23)17-25-26-24(19-7-3-1-4-8-19)20-9-5-2-6-10-20/h1-17H/b25-17-. The molecule has 4 aromatic rings. The first kappa shape index (κ1) is 19.0. The van der Waals surface area contributed by atoms with Crippen LogP contribution in [0.15, 0.2) is 112 Å². The number of nitro groups is 1. The van der Waals surface area contributed by atoms with E-state index >= 15 is 0 Å². The molecule has 0 aliphatic heterocycles. The lowest BCUT2D eigenvalue weighted by molar-refractivity contribution is -0.384. The zero-order valence-corrected chi connectivity index (χ0v) is 15.9. The number of nitrogens with zero attached hydrogens (tertiary/aromatic N) is 3. The van der Waals surface area contributed by atoms with Crippen LogP contribution in [0, 0.1) is 10.1 Å². The minimum Gasteiger partial charge on any atom is -0.455 e. The molecule has 0 amide bonds. The van der Waals surface area contributed by atoms with Crippen molar-refractivity contribution in [1.29, 1.82) is 0 Å². The Hall–Kier alpha value is -4.32. The molecule has 3 aromatic carbocycles. The number of benzene rings is 3. The Balaban J connectivity index is 1.58. The van der Waals surface area contributed by atoms with Crippen LogP contribution in [-0.2, 0) is 0 Å². The fourth-order valence-corrected chi connectivity index (χ4v) is 2.94. The monoisotopic (exact) mass is 395 g/mol. The third-order valence-electron chi connectivity index (χ3n) is 4.43. The summed E-state index contributed by atoms with van der Waals surface area (Å²) in [5.74, 6) is 1.13. The zero-order chi connectivity index (χ0) is 20.8. The number of rotatable bonds is 6. The number of nitro benzene ring substituents is 1. The molecule has 0 aliphatic rings. The van der Waals surface area contributed by atoms with Crippen LogP contribution in [-0.4, -0.2) is 16.8 Å². The first-order valence-electron chi connectivity index (χ1n) is 9.27. The van der Waals surface area contributed by atoms with Gasteiger partial charge in [0, 0.05) is 28.8 Å². The summed E-state index contributed by atoms with van der Waals surface area (Å²) in [5.41, 5.74) is 3.47. The number of furan rings is 1. The van der Waals surface area contributed by atoms with Gasteiger partial charge < -0.3 is 4.42 Å². The molecule has 1 aromatic heterocycles. The highest BCUT2D eigenvalue weighted by Crippen LogP contribution is 2.24. The predicted octanol–water partition coefficient (Wildman–Crippen LogP) is 5.73. The Morgan fingerprint density at radius 1 is 0.800 bits per heavy atom. The molecule has 0 saturated heterocycles. The molecule has 146 valence electrons. The van der Waals surface area contributed by atoms with Crippen molar-refractivity contribution in [2.75, 3.05) is 0 Å². The minimum absolute atomic E-state index is 0.0378. The second-order valence-electron chi connectivity index (χ2n) is 6.43. The van der Waals surface area contributed by atoms with Crippen molar-refractivity contribution in [2.24, 2.45) is 10.2 Å². The van der Waals surface area contributed by atoms with E-state index in [2.05, 4.69) is 10.2 Å². The van der Waals surface area contributed by atoms with Crippen LogP contribution in [0.5, 0.6) is 0 Å². The fraction of sp³-hybridized carbons (Fsp3) is 0. The van der Waals surface area contributed by atoms with E-state index in [9.17, 15) is 10.1 Å². The summed E-state index contributed by atoms with van der Waals surface area (Å²) in [7, 11) is 0. The average Bonchev–Trinajstić information content (AvgIpc) is 3.27. The lowest BCUT2D eigenvalue weighted by atomic mass is 10.0. The van der Waals surface area contributed by atoms with E-state index in [1.807, 2.05) is 60.7 Å². The molecule has 30 heavy (non-hydrogen) atoms. The normalized spacial score (nSPS) is 10.8. The third-order valence-corrected chi connectivity index (χ3v) is 4.43. The smallest absolute Gasteiger partial charge is 0.269 e. The van der Waals surface area contributed by atoms with Crippen molar-refractivity contribution in [3.05, 3.63) is 124 Å². The summed E-state index contributed by atoms with van der Waals surface area (Å²) in [5, 5.41) is 19.4. The van der Waals surface area contributed by atoms with E-state index in [0.717, 1.165) is 22.4 Å². The molecule has 0 saturated carbocycles. The maximum absolute atomic E-state index is 10.8. The number of hydrogen-bond acceptors (Lipinski definition) is 5. The fourth-order valence-electron chi connectivity index (χ4n) is 2.94. The van der Waals surface area contributed by atoms with Gasteiger partial charge in [0.05, 0.1) is 11.1 Å². The van der Waals surface area contributed by atoms with Gasteiger partial charge in [-0.25, -0.2) is 0 Å². The molecule has 0 aliphatic carbocycles. The van der Waals surface area contributed by atoms with Crippen molar-refractivity contribution < 1.29 is 9.34 Å². The highest BCUT2D eigenvalue weighted by molar-refractivity contribution is 6.12. The zero-order valence-electron chi connectivity index (χ0n) is 15.9. The number of hydrogen-bond donors (Lipinski definition) is 0. The average molecular weight is 395 g/mol. The van der Waals surface area contributed by atoms with Gasteiger partial charge in [-0.05, 0) is 24.3 Å². The molecule has 6 heteroatoms. The SMILES string of the molecule is O=[N+]([O-])c1ccc(-c2ccc(/C=N\N=C(c3ccccc3)c3ccccc3)o2)cc1. The van der Waals surface area contributed by atoms with Gasteiger partial charge in [-0.2, -0.15) is 5.10 Å². The lowest BCUT2D eigenvalue weighted by Gasteiger charge is -2.04. The third kappa shape index (κ3) is 4.39. The van der Waals surface area contributed by atoms with Gasteiger partial charge in [0.1, 0.15) is 17.2 Å². The maximum atomic E-state index is 10.8. The largest absolute Gasteiger partial charge is 0.455 e. The van der Waals surface area contributed by atoms with Gasteiger partial charge >= 0.3 is 0 Å². The predicted molar refractivity (Wildman–Crippen MR) is 117 cm³/mol. The summed E-state index contributed by atoms with van der Waals surface area (Å²) in [6.45, 7) is 0. The lowest BCUT2D eigenvalue weighted by Crippen LogP contribution is -2.02. The Kier molecular flexibility index (Phi) is 5.57. The van der Waals surface area contributed by atoms with E-state index < -0.39 is 4.92 Å². The van der Waals surface area contributed by atoms with Crippen LogP contribution in [0.25, 0.3) is 11.3 Å². The molecule has 0 atom stereocenters. The molecule has 4 rings (SSSR count). The molecule has 0 unspecified atom stereocenters. The highest BCUT2D eigenvalue weighted by Gasteiger charge is 2.08. The second-order valence-corrected chi connectivity index (χ2v) is 6.43. The van der Waals surface area contributed by atoms with E-state index in [-0.39, 0.29) is 5.69 Å². The van der Waals surface area contributed by atoms with Gasteiger partial charge in [0.25, 0.3) is 5.69 Å². The Bertz CT molecular complexity index is 1150. The van der Waals surface area contributed by atoms with Crippen LogP contribution in [0.4, 0.5) is 5.69 Å². The van der Waals surface area contributed by atoms with Gasteiger partial charge in [-0.3, -0.25) is 10.1 Å². The first-order valence-corrected chi connectivity index (χ1v) is 9.27. The van der Waals surface area contributed by atoms with Crippen molar-refractivity contribution in [3.8, 4) is 11.3 Å². The second kappa shape index (κ2) is 8.79. The molecule has 0 spiro atoms. The quantitative estimate of drug-likeness (QED) is 0.238. The summed E-state index contributed by atoms with van der Waals surface area (Å²) in [6, 6.07) is 29.5. The topological polar surface area (TPSA) is 81.0 Å². The summed E-state index contributed by atoms with van der Waals surface area (Å²) in [4.78, 5) is 10.4. The molecule has 0 radical (unpaired) electrons. The molecular weight excluding hydrogens is 378 g/mol. The summed E-state index contributed by atoms with van der Waals surface area (Å²) >= 11 is 0. The van der Waals surface area contributed by atoms with Gasteiger partial charge in [-0.15, -0.1) is 5.10 Å². The minimum atomic E-state index is -0.431. The first-order chi connectivity index (χ1) is 14.7. The molecule has 0 N–H and O–H groups in total. The molecule has 6 nitrogen and oxygen atoms in total. The Labute approximate surface area is 173 Å². The maximum Gasteiger partial charge on any atom is 0.269 e. The van der Waals surface area contributed by atoms with Crippen LogP contribution in [0.3, 0.4) is 0 Å². The van der Waals surface area contributed by atoms with Crippen molar-refractivity contribution >= 4 is 17.6 Å². The summed E-state index contributed by atoms with van der Waals surface area (Å²) in [6.07, 6.45) is 1.54. The van der Waals surface area contributed by atoms with Crippen molar-refractivity contribution in [2.45, 2.75) is 0 Å². The molecule has 0 bridgehead atoms. The van der Waals surface area contributed by atoms with Crippen molar-refractivity contribution in [1.82, 2.24) is 0 Å². The Morgan fingerprint density at radius 2 is 1.40 bits per heavy atom. The van der Waals surface area contributed by atoms with Gasteiger partial charge in [0.15, 0.2) is 0 Å². The van der Waals surface area contributed by atoms with Crippen LogP contribution >= 0.6 is 0 Å².